The number of anilines is 1. The lowest BCUT2D eigenvalue weighted by atomic mass is 9.82. The quantitative estimate of drug-likeness (QED) is 0.796. The molecule has 0 heterocycles. The van der Waals surface area contributed by atoms with Gasteiger partial charge in [-0.15, -0.1) is 0 Å². The van der Waals surface area contributed by atoms with Crippen molar-refractivity contribution in [3.05, 3.63) is 29.8 Å². The maximum Gasteiger partial charge on any atom is 0.171 e. The molecule has 0 spiro atoms. The van der Waals surface area contributed by atoms with E-state index in [0.717, 1.165) is 12.1 Å². The van der Waals surface area contributed by atoms with Gasteiger partial charge in [0.05, 0.1) is 0 Å². The molecule has 0 radical (unpaired) electrons. The summed E-state index contributed by atoms with van der Waals surface area (Å²) in [5, 5.41) is 7.37. The lowest BCUT2D eigenvalue weighted by Crippen LogP contribution is -2.47. The Labute approximate surface area is 123 Å². The molecule has 1 aromatic rings. The minimum atomic E-state index is -0.0228. The van der Waals surface area contributed by atoms with E-state index in [4.69, 9.17) is 12.2 Å². The highest BCUT2D eigenvalue weighted by Gasteiger charge is 2.25. The minimum absolute atomic E-state index is 0.0228. The molecule has 0 saturated carbocycles. The molecule has 19 heavy (non-hydrogen) atoms. The third kappa shape index (κ3) is 6.06. The molecule has 0 unspecified atom stereocenters. The first-order valence-electron chi connectivity index (χ1n) is 6.74. The zero-order valence-corrected chi connectivity index (χ0v) is 13.7. The second kappa shape index (κ2) is 5.91. The van der Waals surface area contributed by atoms with Crippen LogP contribution in [0.25, 0.3) is 0 Å². The Balaban J connectivity index is 2.63. The fourth-order valence-electron chi connectivity index (χ4n) is 2.54. The smallest absolute Gasteiger partial charge is 0.171 e. The Hall–Kier alpha value is -1.09. The van der Waals surface area contributed by atoms with Crippen molar-refractivity contribution >= 4 is 23.0 Å². The van der Waals surface area contributed by atoms with Crippen LogP contribution in [-0.2, 0) is 0 Å². The molecule has 1 aromatic carbocycles. The highest BCUT2D eigenvalue weighted by atomic mass is 32.1. The van der Waals surface area contributed by atoms with Gasteiger partial charge in [0.25, 0.3) is 0 Å². The van der Waals surface area contributed by atoms with Gasteiger partial charge >= 0.3 is 0 Å². The summed E-state index contributed by atoms with van der Waals surface area (Å²) in [5.74, 6) is 0. The molecule has 3 heteroatoms. The third-order valence-electron chi connectivity index (χ3n) is 2.82. The average molecular weight is 278 g/mol. The number of nitrogens with one attached hydrogen (secondary N) is 2. The lowest BCUT2D eigenvalue weighted by Gasteiger charge is -2.34. The van der Waals surface area contributed by atoms with Gasteiger partial charge in [-0.05, 0) is 56.5 Å². The van der Waals surface area contributed by atoms with E-state index in [1.165, 1.54) is 5.56 Å². The Morgan fingerprint density at radius 2 is 1.68 bits per heavy atom. The molecule has 106 valence electrons. The number of aryl methyl sites for hydroxylation is 1. The Morgan fingerprint density at radius 1 is 1.11 bits per heavy atom. The maximum absolute atomic E-state index is 5.41. The predicted molar refractivity (Wildman–Crippen MR) is 88.7 cm³/mol. The van der Waals surface area contributed by atoms with Crippen molar-refractivity contribution in [1.29, 1.82) is 0 Å². The number of para-hydroxylation sites is 1. The Bertz CT molecular complexity index is 444. The van der Waals surface area contributed by atoms with Crippen LogP contribution in [0.1, 0.15) is 46.6 Å². The van der Waals surface area contributed by atoms with Gasteiger partial charge in [0.15, 0.2) is 5.11 Å². The normalized spacial score (nSPS) is 12.1. The topological polar surface area (TPSA) is 24.1 Å². The van der Waals surface area contributed by atoms with E-state index in [2.05, 4.69) is 58.2 Å². The summed E-state index contributed by atoms with van der Waals surface area (Å²) in [5.41, 5.74) is 2.51. The van der Waals surface area contributed by atoms with E-state index in [1.54, 1.807) is 0 Å². The fourth-order valence-corrected chi connectivity index (χ4v) is 2.93. The van der Waals surface area contributed by atoms with Crippen molar-refractivity contribution in [2.45, 2.75) is 53.5 Å². The number of hydrogen-bond donors (Lipinski definition) is 2. The summed E-state index contributed by atoms with van der Waals surface area (Å²) >= 11 is 5.41. The van der Waals surface area contributed by atoms with Crippen LogP contribution >= 0.6 is 12.2 Å². The number of hydrogen-bond acceptors (Lipinski definition) is 1. The SMILES string of the molecule is Cc1ccccc1NC(=S)NC(C)(C)CC(C)(C)C. The maximum atomic E-state index is 5.41. The fraction of sp³-hybridized carbons (Fsp3) is 0.562. The molecule has 1 rings (SSSR count). The summed E-state index contributed by atoms with van der Waals surface area (Å²) in [6.45, 7) is 13.2. The van der Waals surface area contributed by atoms with Gasteiger partial charge in [-0.25, -0.2) is 0 Å². The highest BCUT2D eigenvalue weighted by molar-refractivity contribution is 7.80. The Kier molecular flexibility index (Phi) is 4.97. The van der Waals surface area contributed by atoms with E-state index in [1.807, 2.05) is 18.2 Å². The molecule has 2 nitrogen and oxygen atoms in total. The Morgan fingerprint density at radius 3 is 2.21 bits per heavy atom. The second-order valence-corrected chi connectivity index (χ2v) is 7.42. The molecule has 2 N–H and O–H groups in total. The van der Waals surface area contributed by atoms with Crippen molar-refractivity contribution in [3.8, 4) is 0 Å². The summed E-state index contributed by atoms with van der Waals surface area (Å²) in [7, 11) is 0. The van der Waals surface area contributed by atoms with E-state index in [0.29, 0.717) is 5.11 Å². The van der Waals surface area contributed by atoms with Crippen molar-refractivity contribution < 1.29 is 0 Å². The molecular weight excluding hydrogens is 252 g/mol. The van der Waals surface area contributed by atoms with Crippen molar-refractivity contribution in [2.24, 2.45) is 5.41 Å². The van der Waals surface area contributed by atoms with E-state index in [-0.39, 0.29) is 11.0 Å². The monoisotopic (exact) mass is 278 g/mol. The van der Waals surface area contributed by atoms with Crippen molar-refractivity contribution in [2.75, 3.05) is 5.32 Å². The first-order valence-corrected chi connectivity index (χ1v) is 7.15. The molecule has 0 aliphatic rings. The van der Waals surface area contributed by atoms with Crippen LogP contribution in [0, 0.1) is 12.3 Å². The van der Waals surface area contributed by atoms with Crippen LogP contribution in [0.2, 0.25) is 0 Å². The van der Waals surface area contributed by atoms with Crippen LogP contribution in [-0.4, -0.2) is 10.7 Å². The van der Waals surface area contributed by atoms with Gasteiger partial charge in [-0.2, -0.15) is 0 Å². The first-order chi connectivity index (χ1) is 8.59. The van der Waals surface area contributed by atoms with E-state index in [9.17, 15) is 0 Å². The number of thiocarbonyl (C=S) groups is 1. The molecule has 0 aliphatic heterocycles. The molecule has 0 saturated heterocycles. The largest absolute Gasteiger partial charge is 0.358 e. The zero-order valence-electron chi connectivity index (χ0n) is 12.9. The summed E-state index contributed by atoms with van der Waals surface area (Å²) < 4.78 is 0. The van der Waals surface area contributed by atoms with Crippen LogP contribution < -0.4 is 10.6 Å². The van der Waals surface area contributed by atoms with Crippen molar-refractivity contribution in [1.82, 2.24) is 5.32 Å². The summed E-state index contributed by atoms with van der Waals surface area (Å²) in [6.07, 6.45) is 1.05. The molecule has 0 aliphatic carbocycles. The van der Waals surface area contributed by atoms with E-state index >= 15 is 0 Å². The van der Waals surface area contributed by atoms with Gasteiger partial charge in [0.1, 0.15) is 0 Å². The molecular formula is C16H26N2S. The van der Waals surface area contributed by atoms with Crippen LogP contribution in [0.5, 0.6) is 0 Å². The summed E-state index contributed by atoms with van der Waals surface area (Å²) in [6, 6.07) is 8.16. The van der Waals surface area contributed by atoms with Gasteiger partial charge < -0.3 is 10.6 Å². The molecule has 0 atom stereocenters. The van der Waals surface area contributed by atoms with Gasteiger partial charge in [-0.1, -0.05) is 39.0 Å². The highest BCUT2D eigenvalue weighted by Crippen LogP contribution is 2.26. The lowest BCUT2D eigenvalue weighted by molar-refractivity contribution is 0.268. The first kappa shape index (κ1) is 16.0. The van der Waals surface area contributed by atoms with Gasteiger partial charge in [0, 0.05) is 11.2 Å². The zero-order chi connectivity index (χ0) is 14.7. The second-order valence-electron chi connectivity index (χ2n) is 7.02. The standard InChI is InChI=1S/C16H26N2S/c1-12-9-7-8-10-13(12)17-14(19)18-16(5,6)11-15(2,3)4/h7-10H,11H2,1-6H3,(H2,17,18,19). The molecule has 0 bridgehead atoms. The van der Waals surface area contributed by atoms with E-state index < -0.39 is 0 Å². The average Bonchev–Trinajstić information content (AvgIpc) is 2.16. The summed E-state index contributed by atoms with van der Waals surface area (Å²) in [4.78, 5) is 0. The van der Waals surface area contributed by atoms with Crippen LogP contribution in [0.4, 0.5) is 5.69 Å². The molecule has 0 aromatic heterocycles. The predicted octanol–water partition coefficient (Wildman–Crippen LogP) is 4.50. The van der Waals surface area contributed by atoms with Gasteiger partial charge in [-0.3, -0.25) is 0 Å². The molecule has 0 fully saturated rings. The number of rotatable bonds is 3. The van der Waals surface area contributed by atoms with Gasteiger partial charge in [0.2, 0.25) is 0 Å². The third-order valence-corrected chi connectivity index (χ3v) is 3.02. The van der Waals surface area contributed by atoms with Crippen LogP contribution in [0.15, 0.2) is 24.3 Å². The number of benzene rings is 1. The molecule has 0 amide bonds. The minimum Gasteiger partial charge on any atom is -0.358 e. The van der Waals surface area contributed by atoms with Crippen molar-refractivity contribution in [3.63, 3.8) is 0 Å². The van der Waals surface area contributed by atoms with Crippen LogP contribution in [0.3, 0.4) is 0 Å².